The van der Waals surface area contributed by atoms with Gasteiger partial charge in [-0.05, 0) is 29.3 Å². The van der Waals surface area contributed by atoms with Crippen molar-refractivity contribution in [1.82, 2.24) is 9.97 Å². The molecule has 5 nitrogen and oxygen atoms in total. The van der Waals surface area contributed by atoms with Crippen molar-refractivity contribution in [2.24, 2.45) is 0 Å². The first kappa shape index (κ1) is 17.3. The lowest BCUT2D eigenvalue weighted by molar-refractivity contribution is 0.0716. The lowest BCUT2D eigenvalue weighted by atomic mass is 10.2. The summed E-state index contributed by atoms with van der Waals surface area (Å²) in [5.74, 6) is 1.70. The molecule has 114 valence electrons. The first-order valence-corrected chi connectivity index (χ1v) is 7.88. The number of ether oxygens (including phenoxy) is 2. The van der Waals surface area contributed by atoms with E-state index in [1.54, 1.807) is 7.11 Å². The Balaban J connectivity index is 2.69. The number of aryl methyl sites for hydroxylation is 1. The van der Waals surface area contributed by atoms with Gasteiger partial charge in [-0.15, -0.1) is 0 Å². The van der Waals surface area contributed by atoms with Gasteiger partial charge >= 0.3 is 0 Å². The Hall–Kier alpha value is -0.720. The van der Waals surface area contributed by atoms with Gasteiger partial charge in [0, 0.05) is 20.1 Å². The van der Waals surface area contributed by atoms with Gasteiger partial charge in [-0.2, -0.15) is 0 Å². The van der Waals surface area contributed by atoms with Gasteiger partial charge in [0.25, 0.3) is 0 Å². The van der Waals surface area contributed by atoms with Crippen LogP contribution in [0.3, 0.4) is 0 Å². The molecule has 0 spiro atoms. The molecule has 0 fully saturated rings. The molecule has 0 bridgehead atoms. The van der Waals surface area contributed by atoms with Crippen molar-refractivity contribution < 1.29 is 9.47 Å². The summed E-state index contributed by atoms with van der Waals surface area (Å²) in [4.78, 5) is 9.16. The molecule has 0 atom stereocenters. The minimum absolute atomic E-state index is 0.606. The molecular formula is C14H24BrN3O2. The lowest BCUT2D eigenvalue weighted by Crippen LogP contribution is -2.11. The quantitative estimate of drug-likeness (QED) is 0.660. The first-order valence-electron chi connectivity index (χ1n) is 7.08. The predicted molar refractivity (Wildman–Crippen MR) is 84.3 cm³/mol. The lowest BCUT2D eigenvalue weighted by Gasteiger charge is -2.12. The molecule has 0 radical (unpaired) electrons. The van der Waals surface area contributed by atoms with E-state index >= 15 is 0 Å². The molecular weight excluding hydrogens is 322 g/mol. The normalized spacial score (nSPS) is 10.8. The zero-order chi connectivity index (χ0) is 14.8. The van der Waals surface area contributed by atoms with Crippen LogP contribution in [0.25, 0.3) is 0 Å². The van der Waals surface area contributed by atoms with Gasteiger partial charge in [0.05, 0.1) is 30.0 Å². The van der Waals surface area contributed by atoms with Crippen LogP contribution in [0.4, 0.5) is 5.82 Å². The predicted octanol–water partition coefficient (Wildman–Crippen LogP) is 2.83. The maximum atomic E-state index is 5.47. The number of methoxy groups -OCH3 is 1. The standard InChI is InChI=1S/C14H24BrN3O2/c1-4-6-11-13(15)14(16-5-2)18-12(17-11)7-8-20-10-9-19-3/h4-10H2,1-3H3,(H,16,17,18). The van der Waals surface area contributed by atoms with Crippen LogP contribution in [0, 0.1) is 0 Å². The van der Waals surface area contributed by atoms with Crippen LogP contribution in [0.2, 0.25) is 0 Å². The van der Waals surface area contributed by atoms with Gasteiger partial charge in [0.1, 0.15) is 11.6 Å². The summed E-state index contributed by atoms with van der Waals surface area (Å²) in [5.41, 5.74) is 1.06. The number of rotatable bonds is 10. The Morgan fingerprint density at radius 2 is 1.90 bits per heavy atom. The molecule has 1 heterocycles. The van der Waals surface area contributed by atoms with E-state index in [0.29, 0.717) is 26.2 Å². The summed E-state index contributed by atoms with van der Waals surface area (Å²) in [7, 11) is 1.67. The van der Waals surface area contributed by atoms with Gasteiger partial charge in [-0.25, -0.2) is 9.97 Å². The van der Waals surface area contributed by atoms with Crippen molar-refractivity contribution in [1.29, 1.82) is 0 Å². The highest BCUT2D eigenvalue weighted by Crippen LogP contribution is 2.24. The molecule has 0 amide bonds. The summed E-state index contributed by atoms with van der Waals surface area (Å²) >= 11 is 3.58. The van der Waals surface area contributed by atoms with Gasteiger partial charge in [0.15, 0.2) is 0 Å². The monoisotopic (exact) mass is 345 g/mol. The van der Waals surface area contributed by atoms with Crippen molar-refractivity contribution in [2.45, 2.75) is 33.1 Å². The number of anilines is 1. The molecule has 0 aliphatic heterocycles. The summed E-state index contributed by atoms with van der Waals surface area (Å²) in [6.45, 7) is 6.88. The largest absolute Gasteiger partial charge is 0.382 e. The van der Waals surface area contributed by atoms with E-state index < -0.39 is 0 Å². The highest BCUT2D eigenvalue weighted by molar-refractivity contribution is 9.10. The Morgan fingerprint density at radius 3 is 2.55 bits per heavy atom. The maximum absolute atomic E-state index is 5.47. The van der Waals surface area contributed by atoms with Gasteiger partial charge in [-0.1, -0.05) is 13.3 Å². The Labute approximate surface area is 129 Å². The van der Waals surface area contributed by atoms with Crippen molar-refractivity contribution in [3.8, 4) is 0 Å². The van der Waals surface area contributed by atoms with Crippen LogP contribution in [0.1, 0.15) is 31.8 Å². The molecule has 1 aromatic rings. The van der Waals surface area contributed by atoms with Gasteiger partial charge in [0.2, 0.25) is 0 Å². The summed E-state index contributed by atoms with van der Waals surface area (Å²) in [5, 5.41) is 3.27. The van der Waals surface area contributed by atoms with Crippen LogP contribution in [-0.2, 0) is 22.3 Å². The molecule has 1 rings (SSSR count). The van der Waals surface area contributed by atoms with Crippen molar-refractivity contribution in [3.63, 3.8) is 0 Å². The minimum Gasteiger partial charge on any atom is -0.382 e. The van der Waals surface area contributed by atoms with Crippen LogP contribution >= 0.6 is 15.9 Å². The second-order valence-corrected chi connectivity index (χ2v) is 5.18. The average Bonchev–Trinajstić information content (AvgIpc) is 2.44. The molecule has 0 saturated carbocycles. The average molecular weight is 346 g/mol. The van der Waals surface area contributed by atoms with E-state index in [1.165, 1.54) is 0 Å². The summed E-state index contributed by atoms with van der Waals surface area (Å²) in [6.07, 6.45) is 2.72. The maximum Gasteiger partial charge on any atom is 0.144 e. The fraction of sp³-hybridized carbons (Fsp3) is 0.714. The fourth-order valence-electron chi connectivity index (χ4n) is 1.75. The third-order valence-electron chi connectivity index (χ3n) is 2.70. The zero-order valence-corrected chi connectivity index (χ0v) is 14.1. The Bertz CT molecular complexity index is 375. The topological polar surface area (TPSA) is 56.3 Å². The number of nitrogens with one attached hydrogen (secondary N) is 1. The number of nitrogens with zero attached hydrogens (tertiary/aromatic N) is 2. The van der Waals surface area contributed by atoms with Crippen LogP contribution < -0.4 is 5.32 Å². The minimum atomic E-state index is 0.606. The smallest absolute Gasteiger partial charge is 0.144 e. The number of hydrogen-bond acceptors (Lipinski definition) is 5. The Kier molecular flexibility index (Phi) is 8.73. The molecule has 1 aromatic heterocycles. The Morgan fingerprint density at radius 1 is 1.10 bits per heavy atom. The molecule has 1 N–H and O–H groups in total. The number of hydrogen-bond donors (Lipinski definition) is 1. The molecule has 0 unspecified atom stereocenters. The van der Waals surface area contributed by atoms with E-state index in [9.17, 15) is 0 Å². The third-order valence-corrected chi connectivity index (χ3v) is 3.53. The van der Waals surface area contributed by atoms with Crippen molar-refractivity contribution in [3.05, 3.63) is 16.0 Å². The first-order chi connectivity index (χ1) is 9.72. The van der Waals surface area contributed by atoms with E-state index in [4.69, 9.17) is 9.47 Å². The van der Waals surface area contributed by atoms with Gasteiger partial charge in [-0.3, -0.25) is 0 Å². The zero-order valence-electron chi connectivity index (χ0n) is 12.5. The fourth-order valence-corrected chi connectivity index (χ4v) is 2.27. The van der Waals surface area contributed by atoms with Crippen molar-refractivity contribution in [2.75, 3.05) is 38.8 Å². The third kappa shape index (κ3) is 5.73. The highest BCUT2D eigenvalue weighted by Gasteiger charge is 2.11. The summed E-state index contributed by atoms with van der Waals surface area (Å²) < 4.78 is 11.4. The SMILES string of the molecule is CCCc1nc(CCOCCOC)nc(NCC)c1Br. The van der Waals surface area contributed by atoms with Crippen LogP contribution in [0.5, 0.6) is 0 Å². The molecule has 0 saturated heterocycles. The highest BCUT2D eigenvalue weighted by atomic mass is 79.9. The second-order valence-electron chi connectivity index (χ2n) is 4.38. The number of aromatic nitrogens is 2. The molecule has 0 aromatic carbocycles. The molecule has 6 heteroatoms. The van der Waals surface area contributed by atoms with E-state index in [1.807, 2.05) is 0 Å². The van der Waals surface area contributed by atoms with Crippen LogP contribution in [-0.4, -0.2) is 43.4 Å². The second kappa shape index (κ2) is 10.1. The molecule has 0 aliphatic carbocycles. The number of halogens is 1. The molecule has 0 aliphatic rings. The van der Waals surface area contributed by atoms with E-state index in [-0.39, 0.29) is 0 Å². The molecule has 20 heavy (non-hydrogen) atoms. The van der Waals surface area contributed by atoms with E-state index in [0.717, 1.165) is 41.2 Å². The van der Waals surface area contributed by atoms with Crippen molar-refractivity contribution >= 4 is 21.7 Å². The van der Waals surface area contributed by atoms with Gasteiger partial charge < -0.3 is 14.8 Å². The summed E-state index contributed by atoms with van der Waals surface area (Å²) in [6, 6.07) is 0. The van der Waals surface area contributed by atoms with Crippen LogP contribution in [0.15, 0.2) is 4.47 Å². The van der Waals surface area contributed by atoms with E-state index in [2.05, 4.69) is 45.1 Å².